The molecule has 0 saturated heterocycles. The molecule has 82 valence electrons. The number of hydrogen-bond donors (Lipinski definition) is 0. The van der Waals surface area contributed by atoms with Gasteiger partial charge in [0.15, 0.2) is 0 Å². The summed E-state index contributed by atoms with van der Waals surface area (Å²) in [5.41, 5.74) is 1.59. The van der Waals surface area contributed by atoms with Crippen molar-refractivity contribution in [3.8, 4) is 12.1 Å². The predicted octanol–water partition coefficient (Wildman–Crippen LogP) is 2.93. The Morgan fingerprint density at radius 3 is 2.25 bits per heavy atom. The van der Waals surface area contributed by atoms with Gasteiger partial charge in [0.2, 0.25) is 0 Å². The lowest BCUT2D eigenvalue weighted by molar-refractivity contribution is 0.966. The molecule has 0 N–H and O–H groups in total. The van der Waals surface area contributed by atoms with E-state index in [4.69, 9.17) is 33.7 Å². The average molecular weight is 254 g/mol. The van der Waals surface area contributed by atoms with Gasteiger partial charge in [0, 0.05) is 16.6 Å². The maximum atomic E-state index is 8.64. The van der Waals surface area contributed by atoms with E-state index in [2.05, 4.69) is 0 Å². The van der Waals surface area contributed by atoms with Crippen LogP contribution in [0.1, 0.15) is 5.56 Å². The van der Waals surface area contributed by atoms with E-state index in [0.29, 0.717) is 10.9 Å². The lowest BCUT2D eigenvalue weighted by Gasteiger charge is -2.18. The Morgan fingerprint density at radius 2 is 1.81 bits per heavy atom. The quantitative estimate of drug-likeness (QED) is 0.613. The summed E-state index contributed by atoms with van der Waals surface area (Å²) >= 11 is 11.7. The molecule has 1 aromatic rings. The SMILES string of the molecule is N#CCN(CC#N)c1ccc(CCl)c(Cl)c1. The number of nitrogens with zero attached hydrogens (tertiary/aromatic N) is 3. The summed E-state index contributed by atoms with van der Waals surface area (Å²) in [6, 6.07) is 9.33. The van der Waals surface area contributed by atoms with E-state index in [0.717, 1.165) is 11.3 Å². The summed E-state index contributed by atoms with van der Waals surface area (Å²) < 4.78 is 0. The lowest BCUT2D eigenvalue weighted by Crippen LogP contribution is -2.23. The second-order valence-electron chi connectivity index (χ2n) is 3.08. The van der Waals surface area contributed by atoms with Crippen molar-refractivity contribution in [2.75, 3.05) is 18.0 Å². The zero-order valence-electron chi connectivity index (χ0n) is 8.45. The Labute approximate surface area is 104 Å². The topological polar surface area (TPSA) is 50.8 Å². The van der Waals surface area contributed by atoms with E-state index in [1.165, 1.54) is 0 Å². The smallest absolute Gasteiger partial charge is 0.106 e. The van der Waals surface area contributed by atoms with Crippen molar-refractivity contribution in [2.45, 2.75) is 5.88 Å². The van der Waals surface area contributed by atoms with Crippen LogP contribution >= 0.6 is 23.2 Å². The molecule has 0 aromatic heterocycles. The van der Waals surface area contributed by atoms with Crippen LogP contribution in [0.5, 0.6) is 0 Å². The van der Waals surface area contributed by atoms with Crippen molar-refractivity contribution < 1.29 is 0 Å². The van der Waals surface area contributed by atoms with Gasteiger partial charge in [0.25, 0.3) is 0 Å². The molecule has 0 radical (unpaired) electrons. The van der Waals surface area contributed by atoms with E-state index in [9.17, 15) is 0 Å². The molecule has 5 heteroatoms. The van der Waals surface area contributed by atoms with Crippen molar-refractivity contribution in [3.05, 3.63) is 28.8 Å². The average Bonchev–Trinajstić information content (AvgIpc) is 2.28. The van der Waals surface area contributed by atoms with Gasteiger partial charge in [-0.25, -0.2) is 0 Å². The van der Waals surface area contributed by atoms with E-state index < -0.39 is 0 Å². The van der Waals surface area contributed by atoms with Crippen molar-refractivity contribution in [2.24, 2.45) is 0 Å². The van der Waals surface area contributed by atoms with Gasteiger partial charge in [0.1, 0.15) is 13.1 Å². The number of nitriles is 2. The molecule has 0 unspecified atom stereocenters. The molecule has 1 aromatic carbocycles. The van der Waals surface area contributed by atoms with Crippen LogP contribution in [-0.4, -0.2) is 13.1 Å². The minimum absolute atomic E-state index is 0.157. The van der Waals surface area contributed by atoms with Crippen molar-refractivity contribution in [3.63, 3.8) is 0 Å². The zero-order chi connectivity index (χ0) is 12.0. The van der Waals surface area contributed by atoms with Crippen molar-refractivity contribution in [1.82, 2.24) is 0 Å². The van der Waals surface area contributed by atoms with Crippen LogP contribution in [0, 0.1) is 22.7 Å². The first-order valence-corrected chi connectivity index (χ1v) is 5.47. The normalized spacial score (nSPS) is 9.25. The van der Waals surface area contributed by atoms with Crippen LogP contribution in [-0.2, 0) is 5.88 Å². The van der Waals surface area contributed by atoms with Gasteiger partial charge < -0.3 is 4.90 Å². The molecule has 0 saturated carbocycles. The summed E-state index contributed by atoms with van der Waals surface area (Å²) in [6.45, 7) is 0.314. The first kappa shape index (κ1) is 12.6. The molecule has 0 spiro atoms. The summed E-state index contributed by atoms with van der Waals surface area (Å²) in [6.07, 6.45) is 0. The van der Waals surface area contributed by atoms with E-state index in [1.54, 1.807) is 23.1 Å². The van der Waals surface area contributed by atoms with Crippen molar-refractivity contribution in [1.29, 1.82) is 10.5 Å². The molecule has 1 rings (SSSR count). The van der Waals surface area contributed by atoms with Gasteiger partial charge in [-0.2, -0.15) is 10.5 Å². The van der Waals surface area contributed by atoms with Gasteiger partial charge in [-0.05, 0) is 17.7 Å². The second-order valence-corrected chi connectivity index (χ2v) is 3.76. The molecule has 0 heterocycles. The molecule has 0 bridgehead atoms. The summed E-state index contributed by atoms with van der Waals surface area (Å²) in [4.78, 5) is 1.64. The van der Waals surface area contributed by atoms with Crippen LogP contribution in [0.15, 0.2) is 18.2 Å². The molecule has 0 fully saturated rings. The third kappa shape index (κ3) is 3.03. The van der Waals surface area contributed by atoms with Crippen LogP contribution in [0.2, 0.25) is 5.02 Å². The Hall–Kier alpha value is -1.42. The monoisotopic (exact) mass is 253 g/mol. The van der Waals surface area contributed by atoms with Crippen molar-refractivity contribution >= 4 is 28.9 Å². The molecule has 0 aliphatic carbocycles. The molecule has 16 heavy (non-hydrogen) atoms. The third-order valence-electron chi connectivity index (χ3n) is 2.07. The molecular weight excluding hydrogens is 245 g/mol. The molecule has 0 atom stereocenters. The summed E-state index contributed by atoms with van der Waals surface area (Å²) in [5.74, 6) is 0.343. The highest BCUT2D eigenvalue weighted by atomic mass is 35.5. The van der Waals surface area contributed by atoms with Gasteiger partial charge in [-0.15, -0.1) is 11.6 Å². The van der Waals surface area contributed by atoms with Crippen LogP contribution < -0.4 is 4.90 Å². The molecular formula is C11H9Cl2N3. The minimum atomic E-state index is 0.157. The number of benzene rings is 1. The molecule has 0 amide bonds. The highest BCUT2D eigenvalue weighted by Gasteiger charge is 2.07. The first-order chi connectivity index (χ1) is 7.72. The highest BCUT2D eigenvalue weighted by molar-refractivity contribution is 6.32. The van der Waals surface area contributed by atoms with Gasteiger partial charge >= 0.3 is 0 Å². The van der Waals surface area contributed by atoms with Gasteiger partial charge in [0.05, 0.1) is 12.1 Å². The second kappa shape index (κ2) is 6.23. The highest BCUT2D eigenvalue weighted by Crippen LogP contribution is 2.24. The van der Waals surface area contributed by atoms with E-state index >= 15 is 0 Å². The summed E-state index contributed by atoms with van der Waals surface area (Å²) in [7, 11) is 0. The number of rotatable bonds is 4. The third-order valence-corrected chi connectivity index (χ3v) is 2.71. The Balaban J connectivity index is 2.98. The standard InChI is InChI=1S/C11H9Cl2N3/c12-8-9-1-2-10(7-11(9)13)16(5-3-14)6-4-15/h1-2,7H,5-6,8H2. The van der Waals surface area contributed by atoms with Crippen LogP contribution in [0.25, 0.3) is 0 Å². The number of hydrogen-bond acceptors (Lipinski definition) is 3. The Bertz CT molecular complexity index is 430. The van der Waals surface area contributed by atoms with Crippen LogP contribution in [0.3, 0.4) is 0 Å². The molecule has 0 aliphatic rings. The lowest BCUT2D eigenvalue weighted by atomic mass is 10.2. The number of anilines is 1. The summed E-state index contributed by atoms with van der Waals surface area (Å²) in [5, 5.41) is 17.8. The fourth-order valence-electron chi connectivity index (χ4n) is 1.25. The molecule has 0 aliphatic heterocycles. The Kier molecular flexibility index (Phi) is 4.92. The predicted molar refractivity (Wildman–Crippen MR) is 64.4 cm³/mol. The minimum Gasteiger partial charge on any atom is -0.345 e. The number of halogens is 2. The first-order valence-electron chi connectivity index (χ1n) is 4.56. The maximum absolute atomic E-state index is 8.64. The molecule has 3 nitrogen and oxygen atoms in total. The maximum Gasteiger partial charge on any atom is 0.106 e. The number of alkyl halides is 1. The van der Waals surface area contributed by atoms with Gasteiger partial charge in [-0.1, -0.05) is 17.7 Å². The Morgan fingerprint density at radius 1 is 1.19 bits per heavy atom. The fraction of sp³-hybridized carbons (Fsp3) is 0.273. The van der Waals surface area contributed by atoms with E-state index in [1.807, 2.05) is 12.1 Å². The van der Waals surface area contributed by atoms with Gasteiger partial charge in [-0.3, -0.25) is 0 Å². The largest absolute Gasteiger partial charge is 0.345 e. The van der Waals surface area contributed by atoms with Crippen LogP contribution in [0.4, 0.5) is 5.69 Å². The van der Waals surface area contributed by atoms with E-state index in [-0.39, 0.29) is 13.1 Å². The fourth-order valence-corrected chi connectivity index (χ4v) is 1.79. The zero-order valence-corrected chi connectivity index (χ0v) is 9.96.